The highest BCUT2D eigenvalue weighted by Gasteiger charge is 2.10. The molecule has 0 fully saturated rings. The second-order valence-corrected chi connectivity index (χ2v) is 4.91. The molecule has 0 atom stereocenters. The molecule has 0 bridgehead atoms. The van der Waals surface area contributed by atoms with Gasteiger partial charge in [0, 0.05) is 0 Å². The first-order valence-corrected chi connectivity index (χ1v) is 6.64. The Morgan fingerprint density at radius 3 is 2.75 bits per heavy atom. The summed E-state index contributed by atoms with van der Waals surface area (Å²) in [6.45, 7) is 1.88. The first-order chi connectivity index (χ1) is 9.56. The summed E-state index contributed by atoms with van der Waals surface area (Å²) in [6.07, 6.45) is 0.403. The third kappa shape index (κ3) is 3.81. The van der Waals surface area contributed by atoms with Gasteiger partial charge in [-0.2, -0.15) is 0 Å². The van der Waals surface area contributed by atoms with Gasteiger partial charge in [-0.3, -0.25) is 4.79 Å². The Bertz CT molecular complexity index is 626. The van der Waals surface area contributed by atoms with E-state index in [-0.39, 0.29) is 12.2 Å². The van der Waals surface area contributed by atoms with Crippen LogP contribution in [-0.4, -0.2) is 5.97 Å². The van der Waals surface area contributed by atoms with Crippen LogP contribution in [0.3, 0.4) is 0 Å². The topological polar surface area (TPSA) is 26.3 Å². The normalized spacial score (nSPS) is 10.3. The Balaban J connectivity index is 1.96. The van der Waals surface area contributed by atoms with Crippen molar-refractivity contribution in [2.24, 2.45) is 0 Å². The average Bonchev–Trinajstić information content (AvgIpc) is 2.42. The van der Waals surface area contributed by atoms with E-state index in [1.807, 2.05) is 13.0 Å². The van der Waals surface area contributed by atoms with Gasteiger partial charge in [0.15, 0.2) is 0 Å². The fraction of sp³-hybridized carbons (Fsp3) is 0.188. The Morgan fingerprint density at radius 1 is 1.25 bits per heavy atom. The van der Waals surface area contributed by atoms with E-state index in [0.29, 0.717) is 22.8 Å². The van der Waals surface area contributed by atoms with Crippen molar-refractivity contribution < 1.29 is 13.9 Å². The molecule has 2 rings (SSSR count). The Kier molecular flexibility index (Phi) is 4.74. The highest BCUT2D eigenvalue weighted by molar-refractivity contribution is 6.32. The molecule has 4 heteroatoms. The quantitative estimate of drug-likeness (QED) is 0.619. The predicted octanol–water partition coefficient (Wildman–Crippen LogP) is 4.33. The van der Waals surface area contributed by atoms with Crippen LogP contribution in [0.4, 0.5) is 4.39 Å². The van der Waals surface area contributed by atoms with Gasteiger partial charge in [-0.05, 0) is 42.7 Å². The monoisotopic (exact) mass is 292 g/mol. The minimum Gasteiger partial charge on any atom is -0.425 e. The number of ether oxygens (including phenoxy) is 1. The molecule has 0 aliphatic heterocycles. The molecule has 0 radical (unpaired) electrons. The number of aryl methyl sites for hydroxylation is 2. The van der Waals surface area contributed by atoms with Crippen LogP contribution >= 0.6 is 11.6 Å². The van der Waals surface area contributed by atoms with E-state index < -0.39 is 5.97 Å². The number of carbonyl (C=O) groups is 1. The summed E-state index contributed by atoms with van der Waals surface area (Å²) in [6, 6.07) is 11.6. The summed E-state index contributed by atoms with van der Waals surface area (Å²) in [4.78, 5) is 11.8. The zero-order valence-electron chi connectivity index (χ0n) is 11.0. The van der Waals surface area contributed by atoms with Gasteiger partial charge in [0.1, 0.15) is 11.6 Å². The molecule has 0 aromatic heterocycles. The molecule has 0 unspecified atom stereocenters. The number of benzene rings is 2. The van der Waals surface area contributed by atoms with Crippen molar-refractivity contribution in [1.29, 1.82) is 0 Å². The third-order valence-electron chi connectivity index (χ3n) is 2.87. The summed E-state index contributed by atoms with van der Waals surface area (Å²) in [5.74, 6) is -0.403. The van der Waals surface area contributed by atoms with Gasteiger partial charge in [-0.1, -0.05) is 35.9 Å². The van der Waals surface area contributed by atoms with Gasteiger partial charge >= 0.3 is 5.97 Å². The molecule has 0 amide bonds. The number of halogens is 2. The molecule has 0 saturated carbocycles. The first-order valence-electron chi connectivity index (χ1n) is 6.26. The number of carbonyl (C=O) groups excluding carboxylic acids is 1. The lowest BCUT2D eigenvalue weighted by atomic mass is 10.1. The van der Waals surface area contributed by atoms with Crippen LogP contribution in [0.25, 0.3) is 0 Å². The van der Waals surface area contributed by atoms with Crippen molar-refractivity contribution in [2.45, 2.75) is 19.8 Å². The van der Waals surface area contributed by atoms with Gasteiger partial charge in [0.25, 0.3) is 0 Å². The van der Waals surface area contributed by atoms with Crippen LogP contribution in [0.15, 0.2) is 42.5 Å². The highest BCUT2D eigenvalue weighted by atomic mass is 35.5. The van der Waals surface area contributed by atoms with Gasteiger partial charge < -0.3 is 4.74 Å². The molecule has 104 valence electrons. The SMILES string of the molecule is Cc1ccc(Cl)c(OC(=O)CCc2ccccc2F)c1. The minimum absolute atomic E-state index is 0.102. The summed E-state index contributed by atoms with van der Waals surface area (Å²) in [5, 5.41) is 0.384. The summed E-state index contributed by atoms with van der Waals surface area (Å²) >= 11 is 5.95. The van der Waals surface area contributed by atoms with Crippen molar-refractivity contribution in [3.05, 3.63) is 64.4 Å². The Hall–Kier alpha value is -1.87. The highest BCUT2D eigenvalue weighted by Crippen LogP contribution is 2.25. The van der Waals surface area contributed by atoms with Gasteiger partial charge in [0.2, 0.25) is 0 Å². The lowest BCUT2D eigenvalue weighted by molar-refractivity contribution is -0.134. The van der Waals surface area contributed by atoms with E-state index in [4.69, 9.17) is 16.3 Å². The molecule has 2 aromatic carbocycles. The smallest absolute Gasteiger partial charge is 0.311 e. The molecule has 0 aliphatic rings. The van der Waals surface area contributed by atoms with E-state index in [1.54, 1.807) is 30.3 Å². The minimum atomic E-state index is -0.430. The van der Waals surface area contributed by atoms with E-state index in [0.717, 1.165) is 5.56 Å². The van der Waals surface area contributed by atoms with E-state index >= 15 is 0 Å². The zero-order valence-corrected chi connectivity index (χ0v) is 11.8. The molecular formula is C16H14ClFO2. The van der Waals surface area contributed by atoms with Crippen molar-refractivity contribution in [3.63, 3.8) is 0 Å². The predicted molar refractivity (Wildman–Crippen MR) is 76.5 cm³/mol. The van der Waals surface area contributed by atoms with Crippen molar-refractivity contribution in [3.8, 4) is 5.75 Å². The lowest BCUT2D eigenvalue weighted by Crippen LogP contribution is -2.10. The molecule has 20 heavy (non-hydrogen) atoms. The summed E-state index contributed by atoms with van der Waals surface area (Å²) in [7, 11) is 0. The van der Waals surface area contributed by atoms with Gasteiger partial charge in [-0.25, -0.2) is 4.39 Å². The lowest BCUT2D eigenvalue weighted by Gasteiger charge is -2.07. The second kappa shape index (κ2) is 6.53. The molecule has 0 heterocycles. The van der Waals surface area contributed by atoms with Crippen LogP contribution in [0, 0.1) is 12.7 Å². The van der Waals surface area contributed by atoms with Crippen LogP contribution in [0.2, 0.25) is 5.02 Å². The fourth-order valence-corrected chi connectivity index (χ4v) is 1.96. The number of hydrogen-bond donors (Lipinski definition) is 0. The van der Waals surface area contributed by atoms with Crippen molar-refractivity contribution in [2.75, 3.05) is 0 Å². The van der Waals surface area contributed by atoms with Crippen molar-refractivity contribution in [1.82, 2.24) is 0 Å². The zero-order chi connectivity index (χ0) is 14.5. The summed E-state index contributed by atoms with van der Waals surface area (Å²) in [5.41, 5.74) is 1.45. The molecular weight excluding hydrogens is 279 g/mol. The Morgan fingerprint density at radius 2 is 2.00 bits per heavy atom. The molecule has 0 aliphatic carbocycles. The maximum Gasteiger partial charge on any atom is 0.311 e. The van der Waals surface area contributed by atoms with Crippen LogP contribution in [0.1, 0.15) is 17.5 Å². The molecule has 2 aromatic rings. The fourth-order valence-electron chi connectivity index (χ4n) is 1.80. The van der Waals surface area contributed by atoms with E-state index in [9.17, 15) is 9.18 Å². The number of esters is 1. The second-order valence-electron chi connectivity index (χ2n) is 4.50. The average molecular weight is 293 g/mol. The molecule has 0 saturated heterocycles. The van der Waals surface area contributed by atoms with Crippen LogP contribution < -0.4 is 4.74 Å². The maximum absolute atomic E-state index is 13.4. The van der Waals surface area contributed by atoms with Gasteiger partial charge in [-0.15, -0.1) is 0 Å². The Labute approximate surface area is 122 Å². The molecule has 0 spiro atoms. The standard InChI is InChI=1S/C16H14ClFO2/c1-11-6-8-13(17)15(10-11)20-16(19)9-7-12-4-2-3-5-14(12)18/h2-6,8,10H,7,9H2,1H3. The van der Waals surface area contributed by atoms with Crippen LogP contribution in [-0.2, 0) is 11.2 Å². The number of rotatable bonds is 4. The molecule has 0 N–H and O–H groups in total. The van der Waals surface area contributed by atoms with E-state index in [2.05, 4.69) is 0 Å². The number of hydrogen-bond acceptors (Lipinski definition) is 2. The molecule has 2 nitrogen and oxygen atoms in total. The third-order valence-corrected chi connectivity index (χ3v) is 3.18. The van der Waals surface area contributed by atoms with Crippen LogP contribution in [0.5, 0.6) is 5.75 Å². The largest absolute Gasteiger partial charge is 0.425 e. The maximum atomic E-state index is 13.4. The van der Waals surface area contributed by atoms with Gasteiger partial charge in [0.05, 0.1) is 11.4 Å². The van der Waals surface area contributed by atoms with Crippen molar-refractivity contribution >= 4 is 17.6 Å². The summed E-state index contributed by atoms with van der Waals surface area (Å²) < 4.78 is 18.6. The first kappa shape index (κ1) is 14.5. The van der Waals surface area contributed by atoms with E-state index in [1.165, 1.54) is 6.07 Å².